The van der Waals surface area contributed by atoms with Crippen molar-refractivity contribution in [3.05, 3.63) is 45.9 Å². The van der Waals surface area contributed by atoms with E-state index in [0.717, 1.165) is 0 Å². The first-order valence-electron chi connectivity index (χ1n) is 7.06. The minimum atomic E-state index is -3.90. The maximum Gasteiger partial charge on any atom is 0.242 e. The van der Waals surface area contributed by atoms with Gasteiger partial charge >= 0.3 is 0 Å². The van der Waals surface area contributed by atoms with Crippen LogP contribution in [0.3, 0.4) is 0 Å². The molecule has 0 heterocycles. The van der Waals surface area contributed by atoms with Crippen LogP contribution in [0.25, 0.3) is 0 Å². The summed E-state index contributed by atoms with van der Waals surface area (Å²) < 4.78 is 43.0. The summed E-state index contributed by atoms with van der Waals surface area (Å²) in [4.78, 5) is -0.137. The zero-order chi connectivity index (χ0) is 18.6. The zero-order valence-corrected chi connectivity index (χ0v) is 16.1. The molecule has 25 heavy (non-hydrogen) atoms. The predicted molar refractivity (Wildman–Crippen MR) is 96.6 cm³/mol. The summed E-state index contributed by atoms with van der Waals surface area (Å²) in [6, 6.07) is 7.87. The number of halogens is 2. The van der Waals surface area contributed by atoms with Gasteiger partial charge in [-0.15, -0.1) is 0 Å². The lowest BCUT2D eigenvalue weighted by Crippen LogP contribution is -2.24. The van der Waals surface area contributed by atoms with Crippen LogP contribution < -0.4 is 18.9 Å². The van der Waals surface area contributed by atoms with Crippen molar-refractivity contribution in [2.45, 2.75) is 11.4 Å². The maximum absolute atomic E-state index is 12.6. The Balaban J connectivity index is 2.30. The SMILES string of the molecule is COc1ccc(OC)c(CNS(=O)(=O)c2ccc(OC)c(Cl)c2Cl)c1. The van der Waals surface area contributed by atoms with Gasteiger partial charge in [-0.05, 0) is 30.3 Å². The first-order chi connectivity index (χ1) is 11.8. The van der Waals surface area contributed by atoms with Gasteiger partial charge in [0, 0.05) is 12.1 Å². The third-order valence-electron chi connectivity index (χ3n) is 3.46. The molecular formula is C16H17Cl2NO5S. The van der Waals surface area contributed by atoms with E-state index in [2.05, 4.69) is 4.72 Å². The van der Waals surface area contributed by atoms with Crippen LogP contribution in [0.5, 0.6) is 17.2 Å². The van der Waals surface area contributed by atoms with Gasteiger partial charge in [-0.1, -0.05) is 23.2 Å². The summed E-state index contributed by atoms with van der Waals surface area (Å²) in [7, 11) is 0.539. The first kappa shape index (κ1) is 19.7. The first-order valence-corrected chi connectivity index (χ1v) is 9.30. The molecule has 0 unspecified atom stereocenters. The van der Waals surface area contributed by atoms with Crippen molar-refractivity contribution >= 4 is 33.2 Å². The lowest BCUT2D eigenvalue weighted by Gasteiger charge is -2.13. The van der Waals surface area contributed by atoms with E-state index in [4.69, 9.17) is 37.4 Å². The minimum absolute atomic E-state index is 0.0112. The van der Waals surface area contributed by atoms with Crippen molar-refractivity contribution in [1.82, 2.24) is 4.72 Å². The van der Waals surface area contributed by atoms with Crippen molar-refractivity contribution in [3.63, 3.8) is 0 Å². The van der Waals surface area contributed by atoms with E-state index in [0.29, 0.717) is 22.8 Å². The molecule has 0 aliphatic carbocycles. The molecule has 6 nitrogen and oxygen atoms in total. The van der Waals surface area contributed by atoms with E-state index in [1.807, 2.05) is 0 Å². The largest absolute Gasteiger partial charge is 0.497 e. The van der Waals surface area contributed by atoms with Crippen LogP contribution in [0, 0.1) is 0 Å². The van der Waals surface area contributed by atoms with Gasteiger partial charge in [0.05, 0.1) is 26.4 Å². The number of nitrogens with one attached hydrogen (secondary N) is 1. The van der Waals surface area contributed by atoms with Crippen LogP contribution in [0.2, 0.25) is 10.0 Å². The fraction of sp³-hybridized carbons (Fsp3) is 0.250. The Labute approximate surface area is 156 Å². The third-order valence-corrected chi connectivity index (χ3v) is 5.88. The maximum atomic E-state index is 12.6. The molecule has 0 radical (unpaired) electrons. The molecule has 0 aliphatic heterocycles. The van der Waals surface area contributed by atoms with Gasteiger partial charge in [0.15, 0.2) is 0 Å². The number of hydrogen-bond acceptors (Lipinski definition) is 5. The molecule has 2 rings (SSSR count). The van der Waals surface area contributed by atoms with Crippen molar-refractivity contribution in [2.75, 3.05) is 21.3 Å². The summed E-state index contributed by atoms with van der Waals surface area (Å²) in [5, 5.41) is -0.0721. The van der Waals surface area contributed by atoms with E-state index in [1.54, 1.807) is 18.2 Å². The minimum Gasteiger partial charge on any atom is -0.497 e. The molecule has 0 bridgehead atoms. The highest BCUT2D eigenvalue weighted by atomic mass is 35.5. The summed E-state index contributed by atoms with van der Waals surface area (Å²) in [5.41, 5.74) is 0.612. The van der Waals surface area contributed by atoms with Crippen LogP contribution in [0.15, 0.2) is 35.2 Å². The quantitative estimate of drug-likeness (QED) is 0.762. The number of ether oxygens (including phenoxy) is 3. The Morgan fingerprint density at radius 2 is 1.56 bits per heavy atom. The zero-order valence-electron chi connectivity index (χ0n) is 13.8. The number of hydrogen-bond donors (Lipinski definition) is 1. The van der Waals surface area contributed by atoms with Crippen molar-refractivity contribution in [1.29, 1.82) is 0 Å². The van der Waals surface area contributed by atoms with Crippen molar-refractivity contribution < 1.29 is 22.6 Å². The van der Waals surface area contributed by atoms with Crippen molar-refractivity contribution in [3.8, 4) is 17.2 Å². The molecule has 0 saturated carbocycles. The van der Waals surface area contributed by atoms with Gasteiger partial charge in [0.25, 0.3) is 0 Å². The molecule has 0 aliphatic rings. The summed E-state index contributed by atoms with van der Waals surface area (Å²) in [5.74, 6) is 1.41. The number of rotatable bonds is 7. The second-order valence-corrected chi connectivity index (χ2v) is 7.39. The van der Waals surface area contributed by atoms with Crippen molar-refractivity contribution in [2.24, 2.45) is 0 Å². The summed E-state index contributed by atoms with van der Waals surface area (Å²) >= 11 is 12.1. The summed E-state index contributed by atoms with van der Waals surface area (Å²) in [6.45, 7) is -0.0112. The van der Waals surface area contributed by atoms with Gasteiger partial charge in [-0.3, -0.25) is 0 Å². The van der Waals surface area contributed by atoms with E-state index in [-0.39, 0.29) is 21.5 Å². The van der Waals surface area contributed by atoms with E-state index >= 15 is 0 Å². The van der Waals surface area contributed by atoms with E-state index in [9.17, 15) is 8.42 Å². The molecule has 0 aromatic heterocycles. The van der Waals surface area contributed by atoms with Gasteiger partial charge < -0.3 is 14.2 Å². The van der Waals surface area contributed by atoms with Crippen LogP contribution in [-0.2, 0) is 16.6 Å². The number of benzene rings is 2. The molecular weight excluding hydrogens is 389 g/mol. The lowest BCUT2D eigenvalue weighted by atomic mass is 10.2. The Kier molecular flexibility index (Phi) is 6.40. The van der Waals surface area contributed by atoms with Gasteiger partial charge in [0.1, 0.15) is 27.2 Å². The second-order valence-electron chi connectivity index (χ2n) is 4.90. The second kappa shape index (κ2) is 8.14. The highest BCUT2D eigenvalue weighted by Gasteiger charge is 2.22. The molecule has 0 atom stereocenters. The topological polar surface area (TPSA) is 73.9 Å². The highest BCUT2D eigenvalue weighted by molar-refractivity contribution is 7.89. The molecule has 9 heteroatoms. The Hall–Kier alpha value is -1.67. The average Bonchev–Trinajstić information content (AvgIpc) is 2.61. The molecule has 2 aromatic rings. The van der Waals surface area contributed by atoms with Gasteiger partial charge in [-0.25, -0.2) is 13.1 Å². The Bertz CT molecular complexity index is 871. The molecule has 2 aromatic carbocycles. The highest BCUT2D eigenvalue weighted by Crippen LogP contribution is 2.36. The number of sulfonamides is 1. The monoisotopic (exact) mass is 405 g/mol. The molecule has 136 valence electrons. The van der Waals surface area contributed by atoms with Crippen LogP contribution >= 0.6 is 23.2 Å². The predicted octanol–water partition coefficient (Wildman–Crippen LogP) is 3.50. The van der Waals surface area contributed by atoms with Crippen LogP contribution in [0.4, 0.5) is 0 Å². The molecule has 0 saturated heterocycles. The lowest BCUT2D eigenvalue weighted by molar-refractivity contribution is 0.398. The molecule has 0 fully saturated rings. The standard InChI is InChI=1S/C16H17Cl2NO5S/c1-22-11-4-5-12(23-2)10(8-11)9-19-25(20,21)14-7-6-13(24-3)15(17)16(14)18/h4-8,19H,9H2,1-3H3. The van der Waals surface area contributed by atoms with Gasteiger partial charge in [0.2, 0.25) is 10.0 Å². The average molecular weight is 406 g/mol. The summed E-state index contributed by atoms with van der Waals surface area (Å²) in [6.07, 6.45) is 0. The fourth-order valence-electron chi connectivity index (χ4n) is 2.15. The van der Waals surface area contributed by atoms with Crippen LogP contribution in [0.1, 0.15) is 5.56 Å². The van der Waals surface area contributed by atoms with E-state index in [1.165, 1.54) is 33.5 Å². The Morgan fingerprint density at radius 3 is 2.16 bits per heavy atom. The van der Waals surface area contributed by atoms with E-state index < -0.39 is 10.0 Å². The van der Waals surface area contributed by atoms with Gasteiger partial charge in [-0.2, -0.15) is 0 Å². The van der Waals surface area contributed by atoms with Crippen LogP contribution in [-0.4, -0.2) is 29.7 Å². The third kappa shape index (κ3) is 4.30. The fourth-order valence-corrected chi connectivity index (χ4v) is 3.99. The Morgan fingerprint density at radius 1 is 0.920 bits per heavy atom. The number of methoxy groups -OCH3 is 3. The molecule has 1 N–H and O–H groups in total. The molecule has 0 spiro atoms. The normalized spacial score (nSPS) is 11.2. The smallest absolute Gasteiger partial charge is 0.242 e. The molecule has 0 amide bonds.